The first kappa shape index (κ1) is 16.0. The molecule has 5 nitrogen and oxygen atoms in total. The van der Waals surface area contributed by atoms with E-state index in [9.17, 15) is 0 Å². The summed E-state index contributed by atoms with van der Waals surface area (Å²) in [5.74, 6) is 0. The van der Waals surface area contributed by atoms with Crippen molar-refractivity contribution < 1.29 is 9.31 Å². The van der Waals surface area contributed by atoms with Crippen LogP contribution in [0.4, 0.5) is 0 Å². The summed E-state index contributed by atoms with van der Waals surface area (Å²) in [5, 5.41) is 4.62. The monoisotopic (exact) mass is 305 g/mol. The lowest BCUT2D eigenvalue weighted by atomic mass is 9.79. The van der Waals surface area contributed by atoms with Crippen molar-refractivity contribution in [3.63, 3.8) is 0 Å². The van der Waals surface area contributed by atoms with Crippen molar-refractivity contribution in [2.75, 3.05) is 0 Å². The molecule has 6 heteroatoms. The highest BCUT2D eigenvalue weighted by molar-refractivity contribution is 6.62. The SMILES string of the molecule is Cc1c(B2OC(C)(C)C(C)(C)O2)cnn1C1CCC(N)CC1. The van der Waals surface area contributed by atoms with Crippen LogP contribution in [0, 0.1) is 6.92 Å². The Morgan fingerprint density at radius 2 is 1.68 bits per heavy atom. The summed E-state index contributed by atoms with van der Waals surface area (Å²) < 4.78 is 14.5. The fourth-order valence-corrected chi connectivity index (χ4v) is 3.35. The van der Waals surface area contributed by atoms with Crippen LogP contribution in [0.2, 0.25) is 0 Å². The topological polar surface area (TPSA) is 62.3 Å². The number of aromatic nitrogens is 2. The van der Waals surface area contributed by atoms with Crippen molar-refractivity contribution in [3.8, 4) is 0 Å². The quantitative estimate of drug-likeness (QED) is 0.848. The zero-order valence-corrected chi connectivity index (χ0v) is 14.4. The first-order valence-corrected chi connectivity index (χ1v) is 8.36. The Balaban J connectivity index is 1.80. The van der Waals surface area contributed by atoms with E-state index in [1.165, 1.54) is 0 Å². The van der Waals surface area contributed by atoms with Crippen LogP contribution in [0.15, 0.2) is 6.20 Å². The molecule has 0 bridgehead atoms. The molecular weight excluding hydrogens is 277 g/mol. The number of hydrogen-bond acceptors (Lipinski definition) is 4. The Morgan fingerprint density at radius 1 is 1.14 bits per heavy atom. The molecule has 0 aromatic carbocycles. The zero-order valence-electron chi connectivity index (χ0n) is 14.4. The van der Waals surface area contributed by atoms with Crippen LogP contribution in [-0.4, -0.2) is 34.1 Å². The van der Waals surface area contributed by atoms with E-state index in [-0.39, 0.29) is 18.3 Å². The van der Waals surface area contributed by atoms with Crippen LogP contribution in [0.5, 0.6) is 0 Å². The molecule has 122 valence electrons. The second kappa shape index (κ2) is 5.36. The Morgan fingerprint density at radius 3 is 2.23 bits per heavy atom. The normalized spacial score (nSPS) is 30.7. The van der Waals surface area contributed by atoms with Gasteiger partial charge in [-0.3, -0.25) is 4.68 Å². The molecule has 0 spiro atoms. The van der Waals surface area contributed by atoms with Crippen LogP contribution in [0.1, 0.15) is 65.1 Å². The minimum absolute atomic E-state index is 0.316. The molecule has 1 aromatic heterocycles. The third-order valence-corrected chi connectivity index (χ3v) is 5.68. The van der Waals surface area contributed by atoms with Crippen LogP contribution < -0.4 is 11.2 Å². The fourth-order valence-electron chi connectivity index (χ4n) is 3.35. The maximum Gasteiger partial charge on any atom is 0.498 e. The van der Waals surface area contributed by atoms with Crippen molar-refractivity contribution in [2.24, 2.45) is 5.73 Å². The molecular formula is C16H28BN3O2. The second-order valence-electron chi connectivity index (χ2n) is 7.79. The molecule has 2 N–H and O–H groups in total. The van der Waals surface area contributed by atoms with Gasteiger partial charge in [0.25, 0.3) is 0 Å². The van der Waals surface area contributed by atoms with Gasteiger partial charge in [0.1, 0.15) is 0 Å². The van der Waals surface area contributed by atoms with E-state index >= 15 is 0 Å². The summed E-state index contributed by atoms with van der Waals surface area (Å²) in [7, 11) is -0.329. The first-order chi connectivity index (χ1) is 10.2. The van der Waals surface area contributed by atoms with Gasteiger partial charge in [-0.05, 0) is 60.3 Å². The Hall–Kier alpha value is -0.845. The lowest BCUT2D eigenvalue weighted by molar-refractivity contribution is 0.00578. The maximum atomic E-state index is 6.15. The molecule has 1 aliphatic heterocycles. The third kappa shape index (κ3) is 2.61. The highest BCUT2D eigenvalue weighted by atomic mass is 16.7. The van der Waals surface area contributed by atoms with Crippen LogP contribution in [0.25, 0.3) is 0 Å². The summed E-state index contributed by atoms with van der Waals surface area (Å²) in [6, 6.07) is 0.811. The van der Waals surface area contributed by atoms with E-state index in [1.54, 1.807) is 0 Å². The summed E-state index contributed by atoms with van der Waals surface area (Å²) in [5.41, 5.74) is 7.58. The molecule has 1 saturated heterocycles. The molecule has 2 aliphatic rings. The molecule has 2 heterocycles. The van der Waals surface area contributed by atoms with E-state index in [4.69, 9.17) is 15.0 Å². The van der Waals surface area contributed by atoms with E-state index < -0.39 is 0 Å². The largest absolute Gasteiger partial charge is 0.498 e. The lowest BCUT2D eigenvalue weighted by Crippen LogP contribution is -2.41. The second-order valence-corrected chi connectivity index (χ2v) is 7.79. The van der Waals surface area contributed by atoms with Gasteiger partial charge >= 0.3 is 7.12 Å². The van der Waals surface area contributed by atoms with Crippen molar-refractivity contribution in [3.05, 3.63) is 11.9 Å². The van der Waals surface area contributed by atoms with Crippen LogP contribution >= 0.6 is 0 Å². The molecule has 3 rings (SSSR count). The van der Waals surface area contributed by atoms with Gasteiger partial charge in [-0.2, -0.15) is 5.10 Å². The smallest absolute Gasteiger partial charge is 0.399 e. The molecule has 0 amide bonds. The van der Waals surface area contributed by atoms with Crippen molar-refractivity contribution in [2.45, 2.75) is 83.6 Å². The predicted octanol–water partition coefficient (Wildman–Crippen LogP) is 1.93. The van der Waals surface area contributed by atoms with Gasteiger partial charge in [0.05, 0.1) is 17.2 Å². The molecule has 1 aliphatic carbocycles. The number of nitrogens with zero attached hydrogens (tertiary/aromatic N) is 2. The standard InChI is InChI=1S/C16H28BN3O2/c1-11-14(17-21-15(2,3)16(4,5)22-17)10-19-20(11)13-8-6-12(18)7-9-13/h10,12-13H,6-9,18H2,1-5H3. The highest BCUT2D eigenvalue weighted by Gasteiger charge is 2.52. The molecule has 22 heavy (non-hydrogen) atoms. The van der Waals surface area contributed by atoms with E-state index in [2.05, 4.69) is 44.4 Å². The molecule has 0 unspecified atom stereocenters. The van der Waals surface area contributed by atoms with Gasteiger partial charge in [0.2, 0.25) is 0 Å². The van der Waals surface area contributed by atoms with Crippen molar-refractivity contribution in [1.29, 1.82) is 0 Å². The summed E-state index contributed by atoms with van der Waals surface area (Å²) in [6.07, 6.45) is 6.27. The summed E-state index contributed by atoms with van der Waals surface area (Å²) in [4.78, 5) is 0. The number of nitrogens with two attached hydrogens (primary N) is 1. The van der Waals surface area contributed by atoms with Gasteiger partial charge in [0, 0.05) is 23.4 Å². The average molecular weight is 305 g/mol. The maximum absolute atomic E-state index is 6.15. The third-order valence-electron chi connectivity index (χ3n) is 5.68. The minimum Gasteiger partial charge on any atom is -0.399 e. The number of hydrogen-bond donors (Lipinski definition) is 1. The minimum atomic E-state index is -0.329. The van der Waals surface area contributed by atoms with Gasteiger partial charge < -0.3 is 15.0 Å². The van der Waals surface area contributed by atoms with Crippen molar-refractivity contribution in [1.82, 2.24) is 9.78 Å². The summed E-state index contributed by atoms with van der Waals surface area (Å²) in [6.45, 7) is 10.4. The predicted molar refractivity (Wildman–Crippen MR) is 88.2 cm³/mol. The molecule has 1 aromatic rings. The molecule has 1 saturated carbocycles. The zero-order chi connectivity index (χ0) is 16.1. The van der Waals surface area contributed by atoms with E-state index in [0.29, 0.717) is 12.1 Å². The number of rotatable bonds is 2. The first-order valence-electron chi connectivity index (χ1n) is 8.36. The van der Waals surface area contributed by atoms with Crippen LogP contribution in [0.3, 0.4) is 0 Å². The Kier molecular flexibility index (Phi) is 3.90. The Bertz CT molecular complexity index is 532. The fraction of sp³-hybridized carbons (Fsp3) is 0.812. The molecule has 2 fully saturated rings. The molecule has 0 atom stereocenters. The van der Waals surface area contributed by atoms with Gasteiger partial charge in [-0.1, -0.05) is 0 Å². The van der Waals surface area contributed by atoms with Gasteiger partial charge in [0.15, 0.2) is 0 Å². The van der Waals surface area contributed by atoms with E-state index in [1.807, 2.05) is 6.20 Å². The van der Waals surface area contributed by atoms with E-state index in [0.717, 1.165) is 36.8 Å². The average Bonchev–Trinajstić information content (AvgIpc) is 2.89. The lowest BCUT2D eigenvalue weighted by Gasteiger charge is -2.32. The van der Waals surface area contributed by atoms with Gasteiger partial charge in [-0.15, -0.1) is 0 Å². The van der Waals surface area contributed by atoms with Crippen LogP contribution in [-0.2, 0) is 9.31 Å². The summed E-state index contributed by atoms with van der Waals surface area (Å²) >= 11 is 0. The Labute approximate surface area is 133 Å². The molecule has 0 radical (unpaired) electrons. The van der Waals surface area contributed by atoms with Crippen molar-refractivity contribution >= 4 is 12.6 Å². The highest BCUT2D eigenvalue weighted by Crippen LogP contribution is 2.37. The van der Waals surface area contributed by atoms with Gasteiger partial charge in [-0.25, -0.2) is 0 Å².